The fraction of sp³-hybridized carbons (Fsp3) is 0.286. The fourth-order valence-corrected chi connectivity index (χ4v) is 1.84. The first-order chi connectivity index (χ1) is 8.70. The van der Waals surface area contributed by atoms with Crippen LogP contribution in [-0.2, 0) is 6.54 Å². The Labute approximate surface area is 107 Å². The summed E-state index contributed by atoms with van der Waals surface area (Å²) in [6.45, 7) is 3.77. The number of nitriles is 1. The van der Waals surface area contributed by atoms with E-state index in [1.807, 2.05) is 50.6 Å². The third kappa shape index (κ3) is 2.69. The number of rotatable bonds is 4. The van der Waals surface area contributed by atoms with Gasteiger partial charge in [0, 0.05) is 38.2 Å². The Hall–Kier alpha value is -2.28. The molecule has 1 aromatic heterocycles. The molecule has 92 valence electrons. The lowest BCUT2D eigenvalue weighted by Crippen LogP contribution is -2.22. The smallest absolute Gasteiger partial charge is 0.105 e. The summed E-state index contributed by atoms with van der Waals surface area (Å²) < 4.78 is 2.12. The lowest BCUT2D eigenvalue weighted by molar-refractivity contribution is 0.664. The van der Waals surface area contributed by atoms with Crippen molar-refractivity contribution in [1.82, 2.24) is 9.55 Å². The van der Waals surface area contributed by atoms with Crippen molar-refractivity contribution < 1.29 is 0 Å². The van der Waals surface area contributed by atoms with Crippen LogP contribution < -0.4 is 4.90 Å². The first-order valence-electron chi connectivity index (χ1n) is 5.90. The van der Waals surface area contributed by atoms with Crippen molar-refractivity contribution in [2.75, 3.05) is 18.5 Å². The lowest BCUT2D eigenvalue weighted by Gasteiger charge is -2.20. The van der Waals surface area contributed by atoms with Crippen LogP contribution in [0.5, 0.6) is 0 Å². The van der Waals surface area contributed by atoms with Gasteiger partial charge in [-0.1, -0.05) is 6.07 Å². The van der Waals surface area contributed by atoms with Crippen LogP contribution in [0.25, 0.3) is 0 Å². The molecule has 18 heavy (non-hydrogen) atoms. The van der Waals surface area contributed by atoms with Crippen molar-refractivity contribution in [2.24, 2.45) is 0 Å². The molecular formula is C14H16N4. The van der Waals surface area contributed by atoms with Gasteiger partial charge in [0.15, 0.2) is 0 Å². The highest BCUT2D eigenvalue weighted by atomic mass is 15.1. The highest BCUT2D eigenvalue weighted by Crippen LogP contribution is 2.14. The molecule has 0 saturated heterocycles. The summed E-state index contributed by atoms with van der Waals surface area (Å²) in [4.78, 5) is 6.34. The van der Waals surface area contributed by atoms with E-state index in [4.69, 9.17) is 5.26 Å². The predicted octanol–water partition coefficient (Wildman–Crippen LogP) is 2.20. The Morgan fingerprint density at radius 3 is 2.94 bits per heavy atom. The van der Waals surface area contributed by atoms with Crippen LogP contribution in [0.3, 0.4) is 0 Å². The maximum Gasteiger partial charge on any atom is 0.105 e. The van der Waals surface area contributed by atoms with Crippen molar-refractivity contribution in [1.29, 1.82) is 5.26 Å². The van der Waals surface area contributed by atoms with Gasteiger partial charge in [-0.3, -0.25) is 0 Å². The molecular weight excluding hydrogens is 224 g/mol. The number of hydrogen-bond donors (Lipinski definition) is 0. The molecule has 4 nitrogen and oxygen atoms in total. The van der Waals surface area contributed by atoms with Crippen molar-refractivity contribution in [3.63, 3.8) is 0 Å². The summed E-state index contributed by atoms with van der Waals surface area (Å²) in [5.74, 6) is 1.02. The molecule has 0 unspecified atom stereocenters. The molecule has 0 N–H and O–H groups in total. The number of aromatic nitrogens is 2. The Kier molecular flexibility index (Phi) is 3.63. The topological polar surface area (TPSA) is 44.9 Å². The third-order valence-corrected chi connectivity index (χ3v) is 3.02. The molecule has 0 atom stereocenters. The van der Waals surface area contributed by atoms with E-state index >= 15 is 0 Å². The molecule has 0 amide bonds. The second-order valence-electron chi connectivity index (χ2n) is 4.25. The van der Waals surface area contributed by atoms with Gasteiger partial charge in [0.25, 0.3) is 0 Å². The zero-order valence-electron chi connectivity index (χ0n) is 10.7. The average molecular weight is 240 g/mol. The number of imidazole rings is 1. The van der Waals surface area contributed by atoms with Gasteiger partial charge < -0.3 is 9.47 Å². The number of likely N-dealkylation sites (N-methyl/N-ethyl adjacent to an activating group) is 1. The zero-order valence-corrected chi connectivity index (χ0v) is 10.7. The maximum absolute atomic E-state index is 8.88. The van der Waals surface area contributed by atoms with Gasteiger partial charge in [0.1, 0.15) is 5.82 Å². The Bertz CT molecular complexity index is 565. The van der Waals surface area contributed by atoms with Crippen LogP contribution in [0.15, 0.2) is 36.7 Å². The van der Waals surface area contributed by atoms with E-state index in [9.17, 15) is 0 Å². The van der Waals surface area contributed by atoms with Crippen molar-refractivity contribution >= 4 is 5.69 Å². The van der Waals surface area contributed by atoms with E-state index in [1.54, 1.807) is 0 Å². The van der Waals surface area contributed by atoms with Crippen molar-refractivity contribution in [3.05, 3.63) is 48.0 Å². The summed E-state index contributed by atoms with van der Waals surface area (Å²) in [5.41, 5.74) is 1.75. The molecule has 2 aromatic rings. The summed E-state index contributed by atoms with van der Waals surface area (Å²) in [5, 5.41) is 8.88. The second kappa shape index (κ2) is 5.37. The molecule has 1 heterocycles. The van der Waals surface area contributed by atoms with Crippen LogP contribution in [-0.4, -0.2) is 23.1 Å². The minimum atomic E-state index is 0.693. The van der Waals surface area contributed by atoms with E-state index in [1.165, 1.54) is 0 Å². The molecule has 2 rings (SSSR count). The van der Waals surface area contributed by atoms with Gasteiger partial charge in [-0.05, 0) is 25.1 Å². The van der Waals surface area contributed by atoms with E-state index in [2.05, 4.69) is 20.5 Å². The van der Waals surface area contributed by atoms with E-state index in [0.717, 1.165) is 24.6 Å². The fourth-order valence-electron chi connectivity index (χ4n) is 1.84. The number of benzene rings is 1. The normalized spacial score (nSPS) is 10.1. The number of aryl methyl sites for hydroxylation is 1. The van der Waals surface area contributed by atoms with Gasteiger partial charge in [0.05, 0.1) is 11.6 Å². The monoisotopic (exact) mass is 240 g/mol. The largest absolute Gasteiger partial charge is 0.373 e. The molecule has 0 aliphatic heterocycles. The van der Waals surface area contributed by atoms with Crippen LogP contribution >= 0.6 is 0 Å². The zero-order chi connectivity index (χ0) is 13.0. The first-order valence-corrected chi connectivity index (χ1v) is 5.90. The Balaban J connectivity index is 2.01. The van der Waals surface area contributed by atoms with E-state index in [0.29, 0.717) is 5.56 Å². The van der Waals surface area contributed by atoms with Crippen LogP contribution in [0.2, 0.25) is 0 Å². The van der Waals surface area contributed by atoms with E-state index in [-0.39, 0.29) is 0 Å². The van der Waals surface area contributed by atoms with Crippen LogP contribution in [0.1, 0.15) is 11.4 Å². The number of hydrogen-bond acceptors (Lipinski definition) is 3. The Morgan fingerprint density at radius 1 is 1.44 bits per heavy atom. The minimum absolute atomic E-state index is 0.693. The highest BCUT2D eigenvalue weighted by Gasteiger charge is 2.03. The molecule has 0 bridgehead atoms. The molecule has 0 aliphatic carbocycles. The molecule has 0 saturated carbocycles. The van der Waals surface area contributed by atoms with Gasteiger partial charge in [-0.2, -0.15) is 5.26 Å². The predicted molar refractivity (Wildman–Crippen MR) is 71.4 cm³/mol. The molecule has 4 heteroatoms. The summed E-state index contributed by atoms with van der Waals surface area (Å²) >= 11 is 0. The third-order valence-electron chi connectivity index (χ3n) is 3.02. The quantitative estimate of drug-likeness (QED) is 0.823. The van der Waals surface area contributed by atoms with E-state index < -0.39 is 0 Å². The van der Waals surface area contributed by atoms with Gasteiger partial charge in [-0.25, -0.2) is 4.98 Å². The molecule has 0 fully saturated rings. The average Bonchev–Trinajstić information content (AvgIpc) is 2.81. The Morgan fingerprint density at radius 2 is 2.28 bits per heavy atom. The number of anilines is 1. The highest BCUT2D eigenvalue weighted by molar-refractivity contribution is 5.50. The molecule has 0 radical (unpaired) electrons. The van der Waals surface area contributed by atoms with Crippen molar-refractivity contribution in [3.8, 4) is 6.07 Å². The maximum atomic E-state index is 8.88. The summed E-state index contributed by atoms with van der Waals surface area (Å²) in [7, 11) is 2.03. The van der Waals surface area contributed by atoms with Crippen LogP contribution in [0.4, 0.5) is 5.69 Å². The molecule has 0 spiro atoms. The molecule has 1 aromatic carbocycles. The van der Waals surface area contributed by atoms with Crippen molar-refractivity contribution in [2.45, 2.75) is 13.5 Å². The number of nitrogens with zero attached hydrogens (tertiary/aromatic N) is 4. The molecule has 0 aliphatic rings. The standard InChI is InChI=1S/C14H16N4/c1-12-16-6-7-18(12)9-8-17(2)14-5-3-4-13(10-14)11-15/h3-7,10H,8-9H2,1-2H3. The SMILES string of the molecule is Cc1nccn1CCN(C)c1cccc(C#N)c1. The van der Waals surface area contributed by atoms with Gasteiger partial charge in [-0.15, -0.1) is 0 Å². The van der Waals surface area contributed by atoms with Gasteiger partial charge >= 0.3 is 0 Å². The second-order valence-corrected chi connectivity index (χ2v) is 4.25. The first kappa shape index (κ1) is 12.2. The van der Waals surface area contributed by atoms with Gasteiger partial charge in [0.2, 0.25) is 0 Å². The summed E-state index contributed by atoms with van der Waals surface area (Å²) in [6, 6.07) is 9.80. The minimum Gasteiger partial charge on any atom is -0.373 e. The van der Waals surface area contributed by atoms with Crippen LogP contribution in [0, 0.1) is 18.3 Å². The summed E-state index contributed by atoms with van der Waals surface area (Å²) in [6.07, 6.45) is 3.79. The lowest BCUT2D eigenvalue weighted by atomic mass is 10.2.